The fraction of sp³-hybridized carbons (Fsp3) is 0.900. The van der Waals surface area contributed by atoms with Crippen molar-refractivity contribution in [3.63, 3.8) is 0 Å². The van der Waals surface area contributed by atoms with Gasteiger partial charge in [-0.1, -0.05) is 256 Å². The van der Waals surface area contributed by atoms with Crippen molar-refractivity contribution < 1.29 is 24.5 Å². The lowest BCUT2D eigenvalue weighted by Gasteiger charge is -2.22. The van der Waals surface area contributed by atoms with Crippen LogP contribution in [0.15, 0.2) is 24.3 Å². The quantitative estimate of drug-likeness (QED) is 0.0321. The summed E-state index contributed by atoms with van der Waals surface area (Å²) in [6.07, 6.45) is 67.5. The Morgan fingerprint density at radius 1 is 0.409 bits per heavy atom. The number of esters is 1. The molecule has 6 heteroatoms. The second-order valence-corrected chi connectivity index (χ2v) is 20.3. The zero-order chi connectivity index (χ0) is 47.9. The van der Waals surface area contributed by atoms with Crippen LogP contribution in [-0.2, 0) is 14.3 Å². The topological polar surface area (TPSA) is 95.9 Å². The first kappa shape index (κ1) is 64.3. The van der Waals surface area contributed by atoms with Gasteiger partial charge in [-0.25, -0.2) is 0 Å². The lowest BCUT2D eigenvalue weighted by molar-refractivity contribution is -0.143. The monoisotopic (exact) mass is 930 g/mol. The highest BCUT2D eigenvalue weighted by molar-refractivity contribution is 5.76. The van der Waals surface area contributed by atoms with E-state index in [9.17, 15) is 19.8 Å². The molecule has 3 N–H and O–H groups in total. The Hall–Kier alpha value is -1.66. The lowest BCUT2D eigenvalue weighted by atomic mass is 10.0. The first-order valence-corrected chi connectivity index (χ1v) is 29.6. The highest BCUT2D eigenvalue weighted by Gasteiger charge is 2.20. The fourth-order valence-corrected chi connectivity index (χ4v) is 9.16. The molecule has 0 saturated carbocycles. The van der Waals surface area contributed by atoms with Crippen molar-refractivity contribution in [1.82, 2.24) is 5.32 Å². The van der Waals surface area contributed by atoms with Gasteiger partial charge < -0.3 is 20.3 Å². The number of hydrogen-bond acceptors (Lipinski definition) is 5. The summed E-state index contributed by atoms with van der Waals surface area (Å²) in [5.74, 6) is -0.0382. The van der Waals surface area contributed by atoms with Gasteiger partial charge in [-0.15, -0.1) is 0 Å². The van der Waals surface area contributed by atoms with Gasteiger partial charge in [-0.3, -0.25) is 9.59 Å². The summed E-state index contributed by atoms with van der Waals surface area (Å²) in [4.78, 5) is 24.5. The van der Waals surface area contributed by atoms with E-state index in [-0.39, 0.29) is 18.5 Å². The number of carbonyl (C=O) groups excluding carboxylic acids is 2. The predicted octanol–water partition coefficient (Wildman–Crippen LogP) is 18.2. The van der Waals surface area contributed by atoms with Gasteiger partial charge in [0, 0.05) is 12.8 Å². The second kappa shape index (κ2) is 55.9. The maximum Gasteiger partial charge on any atom is 0.305 e. The minimum absolute atomic E-state index is 0.00303. The van der Waals surface area contributed by atoms with Crippen LogP contribution in [0.25, 0.3) is 0 Å². The molecular formula is C60H115NO5. The van der Waals surface area contributed by atoms with Crippen LogP contribution in [0.5, 0.6) is 0 Å². The second-order valence-electron chi connectivity index (χ2n) is 20.3. The molecule has 0 aliphatic heterocycles. The number of ether oxygens (including phenoxy) is 1. The van der Waals surface area contributed by atoms with Crippen LogP contribution in [-0.4, -0.2) is 47.4 Å². The number of carbonyl (C=O) groups is 2. The van der Waals surface area contributed by atoms with Gasteiger partial charge >= 0.3 is 5.97 Å². The Morgan fingerprint density at radius 3 is 1.08 bits per heavy atom. The van der Waals surface area contributed by atoms with Gasteiger partial charge in [-0.05, 0) is 77.0 Å². The number of aliphatic hydroxyl groups is 2. The first-order valence-electron chi connectivity index (χ1n) is 29.6. The number of nitrogens with one attached hydrogen (secondary N) is 1. The van der Waals surface area contributed by atoms with E-state index in [4.69, 9.17) is 4.74 Å². The molecule has 0 radical (unpaired) electrons. The molecule has 0 heterocycles. The number of aliphatic hydroxyl groups excluding tert-OH is 2. The molecule has 6 nitrogen and oxygen atoms in total. The first-order chi connectivity index (χ1) is 32.5. The number of hydrogen-bond donors (Lipinski definition) is 3. The standard InChI is InChI=1S/C60H115NO5/c1-3-5-7-9-11-13-15-17-30-34-38-42-46-50-54-60(65)66-55-51-47-43-39-35-31-28-26-24-22-20-18-19-21-23-25-27-29-33-37-41-45-49-53-59(64)61-57(56-62)58(63)52-48-44-40-36-32-16-14-12-10-8-6-4-2/h15,17,21,23,57-58,62-63H,3-14,16,18-20,22,24-56H2,1-2H3,(H,61,64)/b17-15-,23-21-. The zero-order valence-electron chi connectivity index (χ0n) is 44.4. The largest absolute Gasteiger partial charge is 0.466 e. The Labute approximate surface area is 411 Å². The number of allylic oxidation sites excluding steroid dienone is 4. The zero-order valence-corrected chi connectivity index (χ0v) is 44.4. The molecule has 0 aromatic rings. The lowest BCUT2D eigenvalue weighted by Crippen LogP contribution is -2.45. The Kier molecular flexibility index (Phi) is 54.5. The van der Waals surface area contributed by atoms with Gasteiger partial charge in [0.1, 0.15) is 0 Å². The van der Waals surface area contributed by atoms with E-state index in [0.29, 0.717) is 25.9 Å². The van der Waals surface area contributed by atoms with Crippen molar-refractivity contribution in [1.29, 1.82) is 0 Å². The van der Waals surface area contributed by atoms with Crippen molar-refractivity contribution >= 4 is 11.9 Å². The van der Waals surface area contributed by atoms with Gasteiger partial charge in [0.15, 0.2) is 0 Å². The van der Waals surface area contributed by atoms with Crippen molar-refractivity contribution in [2.24, 2.45) is 0 Å². The van der Waals surface area contributed by atoms with E-state index in [0.717, 1.165) is 44.9 Å². The number of unbranched alkanes of at least 4 members (excludes halogenated alkanes) is 40. The van der Waals surface area contributed by atoms with Crippen LogP contribution in [0.1, 0.15) is 322 Å². The van der Waals surface area contributed by atoms with Gasteiger partial charge in [-0.2, -0.15) is 0 Å². The smallest absolute Gasteiger partial charge is 0.305 e. The minimum atomic E-state index is -0.667. The molecule has 390 valence electrons. The molecular weight excluding hydrogens is 815 g/mol. The third kappa shape index (κ3) is 51.7. The average Bonchev–Trinajstić information content (AvgIpc) is 3.32. The van der Waals surface area contributed by atoms with E-state index in [1.165, 1.54) is 244 Å². The summed E-state index contributed by atoms with van der Waals surface area (Å²) in [7, 11) is 0. The maximum atomic E-state index is 12.4. The van der Waals surface area contributed by atoms with Gasteiger partial charge in [0.2, 0.25) is 5.91 Å². The summed E-state index contributed by atoms with van der Waals surface area (Å²) in [5.41, 5.74) is 0. The van der Waals surface area contributed by atoms with Gasteiger partial charge in [0.05, 0.1) is 25.4 Å². The summed E-state index contributed by atoms with van der Waals surface area (Å²) >= 11 is 0. The van der Waals surface area contributed by atoms with E-state index in [1.54, 1.807) is 0 Å². The van der Waals surface area contributed by atoms with Crippen molar-refractivity contribution in [2.75, 3.05) is 13.2 Å². The highest BCUT2D eigenvalue weighted by Crippen LogP contribution is 2.17. The molecule has 0 saturated heterocycles. The molecule has 66 heavy (non-hydrogen) atoms. The molecule has 1 amide bonds. The van der Waals surface area contributed by atoms with Crippen LogP contribution in [0.2, 0.25) is 0 Å². The normalized spacial score (nSPS) is 12.7. The minimum Gasteiger partial charge on any atom is -0.466 e. The van der Waals surface area contributed by atoms with Crippen LogP contribution in [0.4, 0.5) is 0 Å². The molecule has 0 rings (SSSR count). The Morgan fingerprint density at radius 2 is 0.712 bits per heavy atom. The molecule has 0 aromatic heterocycles. The summed E-state index contributed by atoms with van der Waals surface area (Å²) < 4.78 is 5.47. The van der Waals surface area contributed by atoms with Crippen LogP contribution >= 0.6 is 0 Å². The maximum absolute atomic E-state index is 12.4. The molecule has 0 fully saturated rings. The molecule has 0 spiro atoms. The van der Waals surface area contributed by atoms with Crippen LogP contribution in [0.3, 0.4) is 0 Å². The van der Waals surface area contributed by atoms with E-state index < -0.39 is 12.1 Å². The SMILES string of the molecule is CCCCCCC/C=C\CCCCCCCC(=O)OCCCCCCCCCCCCCC/C=C\CCCCCCCCCC(=O)NC(CO)C(O)CCCCCCCCCCCCCC. The van der Waals surface area contributed by atoms with Crippen molar-refractivity contribution in [3.05, 3.63) is 24.3 Å². The molecule has 0 aliphatic rings. The molecule has 0 aromatic carbocycles. The molecule has 2 atom stereocenters. The molecule has 2 unspecified atom stereocenters. The third-order valence-electron chi connectivity index (χ3n) is 13.7. The summed E-state index contributed by atoms with van der Waals surface area (Å²) in [6.45, 7) is 4.94. The fourth-order valence-electron chi connectivity index (χ4n) is 9.16. The average molecular weight is 931 g/mol. The molecule has 0 aliphatic carbocycles. The van der Waals surface area contributed by atoms with E-state index >= 15 is 0 Å². The van der Waals surface area contributed by atoms with Crippen molar-refractivity contribution in [2.45, 2.75) is 334 Å². The van der Waals surface area contributed by atoms with Gasteiger partial charge in [0.25, 0.3) is 0 Å². The summed E-state index contributed by atoms with van der Waals surface area (Å²) in [5, 5.41) is 23.2. The highest BCUT2D eigenvalue weighted by atomic mass is 16.5. The third-order valence-corrected chi connectivity index (χ3v) is 13.7. The Bertz CT molecular complexity index is 1030. The number of rotatable bonds is 55. The van der Waals surface area contributed by atoms with Crippen LogP contribution < -0.4 is 5.32 Å². The van der Waals surface area contributed by atoms with Crippen LogP contribution in [0, 0.1) is 0 Å². The molecule has 0 bridgehead atoms. The van der Waals surface area contributed by atoms with E-state index in [2.05, 4.69) is 43.5 Å². The van der Waals surface area contributed by atoms with Crippen molar-refractivity contribution in [3.8, 4) is 0 Å². The Balaban J connectivity index is 3.40. The number of amides is 1. The summed E-state index contributed by atoms with van der Waals surface area (Å²) in [6, 6.07) is -0.545. The predicted molar refractivity (Wildman–Crippen MR) is 287 cm³/mol. The van der Waals surface area contributed by atoms with E-state index in [1.807, 2.05) is 0 Å².